The summed E-state index contributed by atoms with van der Waals surface area (Å²) in [7, 11) is 1.33. The number of nitrogens with two attached hydrogens (primary N) is 1. The molecule has 0 radical (unpaired) electrons. The van der Waals surface area contributed by atoms with Crippen LogP contribution in [-0.2, 0) is 9.53 Å². The third-order valence-corrected chi connectivity index (χ3v) is 1.13. The molecule has 0 bridgehead atoms. The Morgan fingerprint density at radius 3 is 2.80 bits per heavy atom. The molecule has 0 heterocycles. The Morgan fingerprint density at radius 1 is 1.80 bits per heavy atom. The van der Waals surface area contributed by atoms with Crippen molar-refractivity contribution in [3.05, 3.63) is 12.2 Å². The van der Waals surface area contributed by atoms with Crippen molar-refractivity contribution in [1.82, 2.24) is 0 Å². The van der Waals surface area contributed by atoms with Crippen LogP contribution in [0.2, 0.25) is 0 Å². The second kappa shape index (κ2) is 4.99. The Bertz CT molecular complexity index is 132. The Labute approximate surface area is 60.9 Å². The molecule has 0 spiro atoms. The molecule has 3 heteroatoms. The van der Waals surface area contributed by atoms with E-state index in [-0.39, 0.29) is 5.97 Å². The standard InChI is InChI=1S/C7H13NO2/c1-3-4-5-6(8)7(9)10-2/h3-4,6H,5,8H2,1-2H3/b4-3+/t6-/m1/s1. The Morgan fingerprint density at radius 2 is 2.40 bits per heavy atom. The van der Waals surface area contributed by atoms with Gasteiger partial charge in [0.05, 0.1) is 7.11 Å². The average molecular weight is 143 g/mol. The van der Waals surface area contributed by atoms with Crippen molar-refractivity contribution in [2.75, 3.05) is 7.11 Å². The fourth-order valence-corrected chi connectivity index (χ4v) is 0.530. The first-order valence-electron chi connectivity index (χ1n) is 3.17. The predicted octanol–water partition coefficient (Wildman–Crippen LogP) is 0.453. The first-order valence-corrected chi connectivity index (χ1v) is 3.17. The van der Waals surface area contributed by atoms with Crippen LogP contribution in [0.15, 0.2) is 12.2 Å². The van der Waals surface area contributed by atoms with Crippen LogP contribution in [-0.4, -0.2) is 19.1 Å². The summed E-state index contributed by atoms with van der Waals surface area (Å²) in [5.41, 5.74) is 5.39. The molecule has 0 saturated heterocycles. The maximum Gasteiger partial charge on any atom is 0.322 e. The molecule has 0 saturated carbocycles. The highest BCUT2D eigenvalue weighted by molar-refractivity contribution is 5.75. The lowest BCUT2D eigenvalue weighted by molar-refractivity contribution is -0.142. The van der Waals surface area contributed by atoms with E-state index in [4.69, 9.17) is 5.73 Å². The van der Waals surface area contributed by atoms with Crippen LogP contribution in [0.1, 0.15) is 13.3 Å². The van der Waals surface area contributed by atoms with Gasteiger partial charge in [0.1, 0.15) is 6.04 Å². The largest absolute Gasteiger partial charge is 0.468 e. The van der Waals surface area contributed by atoms with Crippen molar-refractivity contribution in [3.8, 4) is 0 Å². The van der Waals surface area contributed by atoms with Gasteiger partial charge >= 0.3 is 5.97 Å². The molecule has 2 N–H and O–H groups in total. The number of carbonyl (C=O) groups is 1. The predicted molar refractivity (Wildman–Crippen MR) is 39.4 cm³/mol. The maximum atomic E-state index is 10.6. The molecule has 0 aromatic heterocycles. The molecule has 0 unspecified atom stereocenters. The molecular weight excluding hydrogens is 130 g/mol. The molecule has 0 amide bonds. The molecule has 0 aromatic carbocycles. The van der Waals surface area contributed by atoms with Gasteiger partial charge in [-0.3, -0.25) is 4.79 Å². The van der Waals surface area contributed by atoms with Crippen LogP contribution in [0, 0.1) is 0 Å². The summed E-state index contributed by atoms with van der Waals surface area (Å²) in [5.74, 6) is -0.363. The number of allylic oxidation sites excluding steroid dienone is 1. The molecule has 58 valence electrons. The molecule has 1 atom stereocenters. The van der Waals surface area contributed by atoms with Crippen LogP contribution in [0.3, 0.4) is 0 Å². The summed E-state index contributed by atoms with van der Waals surface area (Å²) in [6, 6.07) is -0.513. The minimum absolute atomic E-state index is 0.363. The minimum atomic E-state index is -0.513. The topological polar surface area (TPSA) is 52.3 Å². The van der Waals surface area contributed by atoms with Crippen molar-refractivity contribution in [2.45, 2.75) is 19.4 Å². The third-order valence-electron chi connectivity index (χ3n) is 1.13. The Balaban J connectivity index is 3.61. The summed E-state index contributed by atoms with van der Waals surface area (Å²) in [5, 5.41) is 0. The van der Waals surface area contributed by atoms with Gasteiger partial charge in [-0.05, 0) is 13.3 Å². The highest BCUT2D eigenvalue weighted by Gasteiger charge is 2.10. The molecule has 0 rings (SSSR count). The van der Waals surface area contributed by atoms with Gasteiger partial charge in [0.25, 0.3) is 0 Å². The summed E-state index contributed by atoms with van der Waals surface area (Å²) >= 11 is 0. The van der Waals surface area contributed by atoms with Crippen molar-refractivity contribution < 1.29 is 9.53 Å². The Hall–Kier alpha value is -0.830. The van der Waals surface area contributed by atoms with Crippen molar-refractivity contribution in [3.63, 3.8) is 0 Å². The van der Waals surface area contributed by atoms with Crippen molar-refractivity contribution >= 4 is 5.97 Å². The van der Waals surface area contributed by atoms with Gasteiger partial charge in [0, 0.05) is 0 Å². The highest BCUT2D eigenvalue weighted by Crippen LogP contribution is 1.91. The van der Waals surface area contributed by atoms with Gasteiger partial charge in [-0.15, -0.1) is 0 Å². The summed E-state index contributed by atoms with van der Waals surface area (Å²) in [6.45, 7) is 1.88. The van der Waals surface area contributed by atoms with E-state index in [1.807, 2.05) is 19.1 Å². The second-order valence-electron chi connectivity index (χ2n) is 1.93. The quantitative estimate of drug-likeness (QED) is 0.461. The lowest BCUT2D eigenvalue weighted by Gasteiger charge is -2.04. The van der Waals surface area contributed by atoms with Crippen molar-refractivity contribution in [1.29, 1.82) is 0 Å². The molecule has 0 aliphatic rings. The van der Waals surface area contributed by atoms with Gasteiger partial charge in [-0.2, -0.15) is 0 Å². The third kappa shape index (κ3) is 3.25. The zero-order chi connectivity index (χ0) is 7.98. The number of carbonyl (C=O) groups excluding carboxylic acids is 1. The van der Waals surface area contributed by atoms with E-state index in [0.717, 1.165) is 0 Å². The zero-order valence-electron chi connectivity index (χ0n) is 6.33. The number of ether oxygens (including phenoxy) is 1. The molecule has 0 aliphatic carbocycles. The fraction of sp³-hybridized carbons (Fsp3) is 0.571. The normalized spacial score (nSPS) is 13.5. The first-order chi connectivity index (χ1) is 4.72. The molecule has 0 aromatic rings. The summed E-state index contributed by atoms with van der Waals surface area (Å²) in [6.07, 6.45) is 4.23. The fourth-order valence-electron chi connectivity index (χ4n) is 0.530. The lowest BCUT2D eigenvalue weighted by Crippen LogP contribution is -2.30. The van der Waals surface area contributed by atoms with Crippen LogP contribution >= 0.6 is 0 Å². The number of esters is 1. The van der Waals surface area contributed by atoms with E-state index in [0.29, 0.717) is 6.42 Å². The van der Waals surface area contributed by atoms with Gasteiger partial charge < -0.3 is 10.5 Å². The van der Waals surface area contributed by atoms with Crippen molar-refractivity contribution in [2.24, 2.45) is 5.73 Å². The Kier molecular flexibility index (Phi) is 4.58. The van der Waals surface area contributed by atoms with E-state index in [1.165, 1.54) is 7.11 Å². The summed E-state index contributed by atoms with van der Waals surface area (Å²) in [4.78, 5) is 10.6. The average Bonchev–Trinajstić information content (AvgIpc) is 1.98. The molecule has 3 nitrogen and oxygen atoms in total. The van der Waals surface area contributed by atoms with E-state index < -0.39 is 6.04 Å². The van der Waals surface area contributed by atoms with Gasteiger partial charge in [-0.1, -0.05) is 12.2 Å². The zero-order valence-corrected chi connectivity index (χ0v) is 6.33. The number of hydrogen-bond donors (Lipinski definition) is 1. The van der Waals surface area contributed by atoms with Crippen LogP contribution in [0.25, 0.3) is 0 Å². The van der Waals surface area contributed by atoms with Crippen LogP contribution < -0.4 is 5.73 Å². The SMILES string of the molecule is C/C=C/C[C@@H](N)C(=O)OC. The molecular formula is C7H13NO2. The smallest absolute Gasteiger partial charge is 0.322 e. The van der Waals surface area contributed by atoms with Crippen LogP contribution in [0.4, 0.5) is 0 Å². The van der Waals surface area contributed by atoms with Crippen LogP contribution in [0.5, 0.6) is 0 Å². The summed E-state index contributed by atoms with van der Waals surface area (Å²) < 4.78 is 4.41. The van der Waals surface area contributed by atoms with Gasteiger partial charge in [0.2, 0.25) is 0 Å². The van der Waals surface area contributed by atoms with E-state index in [2.05, 4.69) is 4.74 Å². The number of methoxy groups -OCH3 is 1. The molecule has 0 aliphatic heterocycles. The van der Waals surface area contributed by atoms with Gasteiger partial charge in [0.15, 0.2) is 0 Å². The monoisotopic (exact) mass is 143 g/mol. The second-order valence-corrected chi connectivity index (χ2v) is 1.93. The maximum absolute atomic E-state index is 10.6. The highest BCUT2D eigenvalue weighted by atomic mass is 16.5. The number of rotatable bonds is 3. The van der Waals surface area contributed by atoms with E-state index in [1.54, 1.807) is 0 Å². The van der Waals surface area contributed by atoms with E-state index >= 15 is 0 Å². The first kappa shape index (κ1) is 9.17. The lowest BCUT2D eigenvalue weighted by atomic mass is 10.2. The van der Waals surface area contributed by atoms with Gasteiger partial charge in [-0.25, -0.2) is 0 Å². The minimum Gasteiger partial charge on any atom is -0.468 e. The number of hydrogen-bond acceptors (Lipinski definition) is 3. The molecule has 10 heavy (non-hydrogen) atoms. The molecule has 0 fully saturated rings. The van der Waals surface area contributed by atoms with E-state index in [9.17, 15) is 4.79 Å².